The van der Waals surface area contributed by atoms with Crippen molar-refractivity contribution >= 4 is 138 Å². The molecule has 0 atom stereocenters. The quantitative estimate of drug-likeness (QED) is 0.130. The van der Waals surface area contributed by atoms with Crippen LogP contribution in [0.25, 0.3) is 159 Å². The van der Waals surface area contributed by atoms with Crippen LogP contribution in [-0.4, -0.2) is 25.0 Å². The van der Waals surface area contributed by atoms with Crippen LogP contribution in [0.1, 0.15) is 43.0 Å². The molecule has 0 fully saturated rings. The molecule has 0 saturated heterocycles. The van der Waals surface area contributed by atoms with Crippen molar-refractivity contribution < 1.29 is 0 Å². The first-order valence-electron chi connectivity index (χ1n) is 30.7. The van der Waals surface area contributed by atoms with Gasteiger partial charge in [-0.3, -0.25) is 0 Å². The van der Waals surface area contributed by atoms with Gasteiger partial charge in [0.25, 0.3) is 0 Å². The van der Waals surface area contributed by atoms with Crippen LogP contribution < -0.4 is 16.4 Å². The van der Waals surface area contributed by atoms with Crippen molar-refractivity contribution in [3.8, 4) is 63.2 Å². The third-order valence-electron chi connectivity index (χ3n) is 19.9. The Morgan fingerprint density at radius 3 is 1.00 bits per heavy atom. The van der Waals surface area contributed by atoms with Gasteiger partial charge in [-0.15, -0.1) is 0 Å². The van der Waals surface area contributed by atoms with Gasteiger partial charge in [0, 0.05) is 65.8 Å². The van der Waals surface area contributed by atoms with E-state index in [2.05, 4.69) is 244 Å². The monoisotopic (exact) mass is 1150 g/mol. The first kappa shape index (κ1) is 50.7. The van der Waals surface area contributed by atoms with Crippen LogP contribution in [0.4, 0.5) is 5.69 Å². The van der Waals surface area contributed by atoms with Crippen molar-refractivity contribution in [2.45, 2.75) is 26.2 Å². The molecule has 13 aromatic carbocycles. The maximum atomic E-state index is 10.1. The zero-order valence-electron chi connectivity index (χ0n) is 49.6. The number of aromatic nitrogens is 4. The summed E-state index contributed by atoms with van der Waals surface area (Å²) in [5.74, 6) is 0. The van der Waals surface area contributed by atoms with Crippen LogP contribution in [0.5, 0.6) is 0 Å². The van der Waals surface area contributed by atoms with Crippen LogP contribution in [-0.2, 0) is 5.41 Å². The Hall–Kier alpha value is -12.4. The Morgan fingerprint density at radius 1 is 0.352 bits per heavy atom. The summed E-state index contributed by atoms with van der Waals surface area (Å²) in [6.45, 7) is 14.7. The summed E-state index contributed by atoms with van der Waals surface area (Å²) in [6, 6.07) is 89.4. The van der Waals surface area contributed by atoms with E-state index in [0.29, 0.717) is 22.4 Å². The van der Waals surface area contributed by atoms with Crippen molar-refractivity contribution in [3.05, 3.63) is 264 Å². The number of nitriles is 3. The van der Waals surface area contributed by atoms with Crippen molar-refractivity contribution in [2.24, 2.45) is 0 Å². The molecule has 0 spiro atoms. The van der Waals surface area contributed by atoms with Crippen LogP contribution in [0, 0.1) is 40.6 Å². The number of rotatable bonds is 4. The average Bonchev–Trinajstić information content (AvgIpc) is 1.64. The van der Waals surface area contributed by atoms with Gasteiger partial charge in [0.2, 0.25) is 6.71 Å². The number of hydrogen-bond acceptors (Lipinski definition) is 3. The molecule has 6 heterocycles. The summed E-state index contributed by atoms with van der Waals surface area (Å²) < 4.78 is 9.63. The van der Waals surface area contributed by atoms with Gasteiger partial charge in [-0.2, -0.15) is 15.8 Å². The van der Waals surface area contributed by atoms with Crippen LogP contribution >= 0.6 is 0 Å². The molecule has 0 saturated carbocycles. The molecule has 4 aromatic heterocycles. The summed E-state index contributed by atoms with van der Waals surface area (Å²) in [4.78, 5) is 3.83. The van der Waals surface area contributed by atoms with Crippen LogP contribution in [0.3, 0.4) is 0 Å². The molecule has 0 radical (unpaired) electrons. The maximum absolute atomic E-state index is 10.1. The molecule has 9 heteroatoms. The lowest BCUT2D eigenvalue weighted by Gasteiger charge is -2.37. The van der Waals surface area contributed by atoms with E-state index in [1.165, 1.54) is 65.8 Å². The molecular weight excluding hydrogens is 1110 g/mol. The zero-order chi connectivity index (χ0) is 60.9. The smallest absolute Gasteiger partial charge is 0.244 e. The fourth-order valence-corrected chi connectivity index (χ4v) is 16.2. The first-order valence-corrected chi connectivity index (χ1v) is 30.7. The molecule has 0 amide bonds. The van der Waals surface area contributed by atoms with Crippen molar-refractivity contribution in [1.29, 1.82) is 15.8 Å². The molecule has 2 aliphatic heterocycles. The summed E-state index contributed by atoms with van der Waals surface area (Å²) in [6.07, 6.45) is 0. The minimum atomic E-state index is -0.298. The third kappa shape index (κ3) is 6.68. The Labute approximate surface area is 522 Å². The van der Waals surface area contributed by atoms with E-state index in [4.69, 9.17) is 6.57 Å². The second kappa shape index (κ2) is 18.1. The van der Waals surface area contributed by atoms with Gasteiger partial charge < -0.3 is 18.3 Å². The average molecular weight is 1160 g/mol. The molecule has 418 valence electrons. The molecule has 0 bridgehead atoms. The predicted octanol–water partition coefficient (Wildman–Crippen LogP) is 18.3. The van der Waals surface area contributed by atoms with Crippen molar-refractivity contribution in [2.75, 3.05) is 0 Å². The Bertz CT molecular complexity index is 6000. The molecule has 0 unspecified atom stereocenters. The molecule has 2 aliphatic rings. The van der Waals surface area contributed by atoms with Gasteiger partial charge in [0.05, 0.1) is 85.6 Å². The zero-order valence-corrected chi connectivity index (χ0v) is 49.6. The number of benzene rings is 13. The maximum Gasteiger partial charge on any atom is 0.244 e. The van der Waals surface area contributed by atoms with Crippen molar-refractivity contribution in [1.82, 2.24) is 18.3 Å². The van der Waals surface area contributed by atoms with Gasteiger partial charge >= 0.3 is 0 Å². The number of fused-ring (bicyclic) bond motifs is 20. The molecular formula is C82H47BN8. The number of nitrogens with zero attached hydrogens (tertiary/aromatic N) is 8. The van der Waals surface area contributed by atoms with Gasteiger partial charge in [-0.1, -0.05) is 134 Å². The van der Waals surface area contributed by atoms with E-state index < -0.39 is 0 Å². The van der Waals surface area contributed by atoms with Crippen molar-refractivity contribution in [3.63, 3.8) is 0 Å². The van der Waals surface area contributed by atoms with Gasteiger partial charge in [-0.25, -0.2) is 4.85 Å². The van der Waals surface area contributed by atoms with E-state index in [1.807, 2.05) is 48.5 Å². The van der Waals surface area contributed by atoms with Gasteiger partial charge in [0.1, 0.15) is 0 Å². The van der Waals surface area contributed by atoms with Gasteiger partial charge in [-0.05, 0) is 188 Å². The summed E-state index contributed by atoms with van der Waals surface area (Å²) in [7, 11) is 0. The number of para-hydroxylation sites is 4. The molecule has 0 aliphatic carbocycles. The minimum Gasteiger partial charge on any atom is -0.309 e. The number of hydrogen-bond donors (Lipinski definition) is 0. The van der Waals surface area contributed by atoms with Gasteiger partial charge in [0.15, 0.2) is 5.69 Å². The normalized spacial score (nSPS) is 12.5. The first-order chi connectivity index (χ1) is 44.6. The topological polar surface area (TPSA) is 95.4 Å². The predicted molar refractivity (Wildman–Crippen MR) is 373 cm³/mol. The highest BCUT2D eigenvalue weighted by Crippen LogP contribution is 2.53. The minimum absolute atomic E-state index is 0.297. The lowest BCUT2D eigenvalue weighted by atomic mass is 9.30. The fourth-order valence-electron chi connectivity index (χ4n) is 16.2. The second-order valence-electron chi connectivity index (χ2n) is 25.5. The highest BCUT2D eigenvalue weighted by atomic mass is 15.0. The molecule has 8 nitrogen and oxygen atoms in total. The Balaban J connectivity index is 1.09. The second-order valence-corrected chi connectivity index (χ2v) is 25.5. The lowest BCUT2D eigenvalue weighted by Crippen LogP contribution is -2.57. The molecule has 91 heavy (non-hydrogen) atoms. The summed E-state index contributed by atoms with van der Waals surface area (Å²) >= 11 is 0. The van der Waals surface area contributed by atoms with Crippen LogP contribution in [0.15, 0.2) is 231 Å². The van der Waals surface area contributed by atoms with E-state index in [-0.39, 0.29) is 12.1 Å². The Kier molecular flexibility index (Phi) is 10.1. The molecule has 0 N–H and O–H groups in total. The van der Waals surface area contributed by atoms with Crippen LogP contribution in [0.2, 0.25) is 0 Å². The third-order valence-corrected chi connectivity index (χ3v) is 19.9. The SMILES string of the molecule is [C-]#[N+]c1ccc(-n2c3ccccc3c3c4c5c(cc6c(c5cc32)c2ccccc2n6-c2ccc(C#N)cc2)B2c3c(cc(C(C)(C)C)cc3-4)-c3c4c2cc2c(c4cc4c3c3ccccc3n4-c3ccc(C#N)cc3)c3ccccc3n2-c2ccc(C#N)cc2)cc1. The lowest BCUT2D eigenvalue weighted by molar-refractivity contribution is 0.591. The fraction of sp³-hybridized carbons (Fsp3) is 0.0488. The highest BCUT2D eigenvalue weighted by Gasteiger charge is 2.44. The molecule has 19 rings (SSSR count). The Morgan fingerprint density at radius 2 is 0.670 bits per heavy atom. The summed E-state index contributed by atoms with van der Waals surface area (Å²) in [5, 5.41) is 44.3. The van der Waals surface area contributed by atoms with E-state index in [0.717, 1.165) is 110 Å². The summed E-state index contributed by atoms with van der Waals surface area (Å²) in [5.41, 5.74) is 24.2. The molecule has 17 aromatic rings. The standard InChI is InChI=1S/C82H47BN8/c1-82(2,3)49-37-61-79-75-59(39-69-77(79)57-15-7-11-19-67(57)88(69)51-29-21-46(43-84)22-30-51)73-55-13-5-9-17-65(55)90(52-31-23-47(44-85)24-32-52)71(73)41-63(75)83-64-42-72-74(56-14-6-10-18-66(56)91(72)53-33-25-48(45-86)26-34-53)60-40-70-78(80(76(60)64)62(38-49)81(61)83)58-16-8-12-20-68(58)89(70)54-35-27-50(87-4)28-36-54/h5-42H,1-3H3. The highest BCUT2D eigenvalue weighted by molar-refractivity contribution is 7.02. The van der Waals surface area contributed by atoms with E-state index >= 15 is 0 Å². The van der Waals surface area contributed by atoms with E-state index in [1.54, 1.807) is 0 Å². The largest absolute Gasteiger partial charge is 0.309 e. The van der Waals surface area contributed by atoms with E-state index in [9.17, 15) is 15.8 Å².